The summed E-state index contributed by atoms with van der Waals surface area (Å²) in [5.41, 5.74) is 5.90. The Hall–Kier alpha value is -5.57. The minimum absolute atomic E-state index is 0.0122. The summed E-state index contributed by atoms with van der Waals surface area (Å²) >= 11 is 0. The maximum atomic E-state index is 13.1. The maximum Gasteiger partial charge on any atom is 0.287 e. The predicted octanol–water partition coefficient (Wildman–Crippen LogP) is 5.25. The second-order valence-electron chi connectivity index (χ2n) is 8.45. The summed E-state index contributed by atoms with van der Waals surface area (Å²) in [5.74, 6) is -1.04. The molecule has 0 aliphatic heterocycles. The molecule has 0 saturated carbocycles. The van der Waals surface area contributed by atoms with Gasteiger partial charge in [0.2, 0.25) is 0 Å². The van der Waals surface area contributed by atoms with Crippen molar-refractivity contribution in [2.45, 2.75) is 6.92 Å². The van der Waals surface area contributed by atoms with Gasteiger partial charge >= 0.3 is 0 Å². The summed E-state index contributed by atoms with van der Waals surface area (Å²) in [5, 5.41) is 17.7. The molecular weight excluding hydrogens is 494 g/mol. The first-order valence-corrected chi connectivity index (χ1v) is 12.0. The number of benzene rings is 3. The van der Waals surface area contributed by atoms with Crippen LogP contribution in [0.2, 0.25) is 0 Å². The summed E-state index contributed by atoms with van der Waals surface area (Å²) in [6.45, 7) is 1.83. The monoisotopic (exact) mass is 519 g/mol. The Morgan fingerprint density at radius 1 is 0.897 bits per heavy atom. The van der Waals surface area contributed by atoms with Crippen LogP contribution in [-0.2, 0) is 4.79 Å². The van der Waals surface area contributed by atoms with Crippen LogP contribution in [0, 0.1) is 10.1 Å². The maximum absolute atomic E-state index is 13.1. The van der Waals surface area contributed by atoms with Crippen LogP contribution in [0.25, 0.3) is 11.8 Å². The zero-order chi connectivity index (χ0) is 27.6. The molecule has 1 heterocycles. The molecule has 9 heteroatoms. The number of hydrogen-bond donors (Lipinski definition) is 2. The lowest BCUT2D eigenvalue weighted by Gasteiger charge is -2.10. The molecule has 0 aliphatic carbocycles. The molecule has 0 bridgehead atoms. The zero-order valence-electron chi connectivity index (χ0n) is 21.0. The van der Waals surface area contributed by atoms with Gasteiger partial charge in [-0.1, -0.05) is 54.6 Å². The van der Waals surface area contributed by atoms with Crippen LogP contribution in [0.15, 0.2) is 126 Å². The number of rotatable bonds is 9. The van der Waals surface area contributed by atoms with Gasteiger partial charge in [0.15, 0.2) is 0 Å². The number of nitrogens with zero attached hydrogens (tertiary/aromatic N) is 3. The van der Waals surface area contributed by atoms with Crippen LogP contribution in [0.4, 0.5) is 5.69 Å². The van der Waals surface area contributed by atoms with Crippen LogP contribution in [0.1, 0.15) is 28.5 Å². The van der Waals surface area contributed by atoms with Crippen molar-refractivity contribution in [2.75, 3.05) is 0 Å². The quantitative estimate of drug-likeness (QED) is 0.103. The highest BCUT2D eigenvalue weighted by Crippen LogP contribution is 2.17. The number of non-ortho nitro benzene ring substituents is 1. The number of hydrogen-bond acceptors (Lipinski definition) is 5. The molecule has 4 aromatic rings. The van der Waals surface area contributed by atoms with Crippen LogP contribution in [-0.4, -0.2) is 27.5 Å². The van der Waals surface area contributed by atoms with E-state index in [1.165, 1.54) is 18.3 Å². The van der Waals surface area contributed by atoms with E-state index >= 15 is 0 Å². The molecule has 4 rings (SSSR count). The number of amides is 2. The molecule has 0 saturated heterocycles. The van der Waals surface area contributed by atoms with E-state index in [0.717, 1.165) is 11.1 Å². The third-order valence-electron chi connectivity index (χ3n) is 5.58. The second kappa shape index (κ2) is 12.6. The van der Waals surface area contributed by atoms with Crippen molar-refractivity contribution in [3.63, 3.8) is 0 Å². The van der Waals surface area contributed by atoms with Gasteiger partial charge in [-0.15, -0.1) is 0 Å². The van der Waals surface area contributed by atoms with E-state index < -0.39 is 16.7 Å². The van der Waals surface area contributed by atoms with E-state index in [9.17, 15) is 19.7 Å². The normalized spacial score (nSPS) is 11.8. The Labute approximate surface area is 225 Å². The minimum atomic E-state index is -0.607. The minimum Gasteiger partial charge on any atom is -0.317 e. The van der Waals surface area contributed by atoms with Gasteiger partial charge < -0.3 is 9.88 Å². The topological polar surface area (TPSA) is 119 Å². The highest BCUT2D eigenvalue weighted by molar-refractivity contribution is 6.03. The Balaban J connectivity index is 1.53. The fourth-order valence-electron chi connectivity index (χ4n) is 3.71. The molecule has 0 radical (unpaired) electrons. The molecule has 0 atom stereocenters. The fourth-order valence-corrected chi connectivity index (χ4v) is 3.71. The molecule has 39 heavy (non-hydrogen) atoms. The smallest absolute Gasteiger partial charge is 0.287 e. The van der Waals surface area contributed by atoms with Crippen molar-refractivity contribution >= 4 is 29.8 Å². The lowest BCUT2D eigenvalue weighted by molar-refractivity contribution is -0.384. The van der Waals surface area contributed by atoms with Gasteiger partial charge in [-0.05, 0) is 60.5 Å². The number of nitro benzene ring substituents is 1. The SMILES string of the molecule is CC(=C/c1ccccc1)/C=C(/NC(=O)c1ccccc1)C(=O)NN=Cc1cccn1-c1ccc([N+](=O)[O-])cc1. The van der Waals surface area contributed by atoms with Crippen molar-refractivity contribution in [1.82, 2.24) is 15.3 Å². The molecule has 2 amide bonds. The number of hydrazone groups is 1. The molecule has 9 nitrogen and oxygen atoms in total. The standard InChI is InChI=1S/C30H25N5O4/c1-22(19-23-9-4-2-5-10-23)20-28(32-29(36)24-11-6-3-7-12-24)30(37)33-31-21-27-13-8-18-34(27)25-14-16-26(17-15-25)35(38)39/h2-21H,1H3,(H,32,36)(H,33,37)/b22-19-,28-20+,31-21?. The van der Waals surface area contributed by atoms with Crippen molar-refractivity contribution < 1.29 is 14.5 Å². The lowest BCUT2D eigenvalue weighted by atomic mass is 10.1. The molecule has 1 aromatic heterocycles. The van der Waals surface area contributed by atoms with Crippen LogP contribution in [0.5, 0.6) is 0 Å². The first-order valence-electron chi connectivity index (χ1n) is 12.0. The van der Waals surface area contributed by atoms with E-state index in [2.05, 4.69) is 15.8 Å². The third kappa shape index (κ3) is 7.23. The van der Waals surface area contributed by atoms with E-state index in [1.54, 1.807) is 71.4 Å². The summed E-state index contributed by atoms with van der Waals surface area (Å²) < 4.78 is 1.76. The average Bonchev–Trinajstić information content (AvgIpc) is 3.42. The van der Waals surface area contributed by atoms with Gasteiger partial charge in [0, 0.05) is 29.6 Å². The Bertz CT molecular complexity index is 1550. The summed E-state index contributed by atoms with van der Waals surface area (Å²) in [6.07, 6.45) is 6.69. The highest BCUT2D eigenvalue weighted by atomic mass is 16.6. The summed E-state index contributed by atoms with van der Waals surface area (Å²) in [7, 11) is 0. The number of nitrogens with one attached hydrogen (secondary N) is 2. The van der Waals surface area contributed by atoms with Crippen LogP contribution in [0.3, 0.4) is 0 Å². The average molecular weight is 520 g/mol. The van der Waals surface area contributed by atoms with Gasteiger partial charge in [0.05, 0.1) is 16.8 Å². The number of aromatic nitrogens is 1. The largest absolute Gasteiger partial charge is 0.317 e. The molecule has 0 fully saturated rings. The van der Waals surface area contributed by atoms with Crippen molar-refractivity contribution in [3.05, 3.63) is 148 Å². The second-order valence-corrected chi connectivity index (χ2v) is 8.45. The van der Waals surface area contributed by atoms with Gasteiger partial charge in [-0.3, -0.25) is 19.7 Å². The Morgan fingerprint density at radius 2 is 1.56 bits per heavy atom. The molecule has 194 valence electrons. The van der Waals surface area contributed by atoms with Crippen molar-refractivity contribution in [3.8, 4) is 5.69 Å². The molecule has 0 unspecified atom stereocenters. The molecule has 2 N–H and O–H groups in total. The van der Waals surface area contributed by atoms with E-state index in [1.807, 2.05) is 43.3 Å². The fraction of sp³-hybridized carbons (Fsp3) is 0.0333. The number of carbonyl (C=O) groups excluding carboxylic acids is 2. The van der Waals surface area contributed by atoms with Crippen LogP contribution < -0.4 is 10.7 Å². The molecule has 3 aromatic carbocycles. The van der Waals surface area contributed by atoms with E-state index in [4.69, 9.17) is 0 Å². The Kier molecular flexibility index (Phi) is 8.56. The molecular formula is C30H25N5O4. The van der Waals surface area contributed by atoms with Crippen molar-refractivity contribution in [1.29, 1.82) is 0 Å². The van der Waals surface area contributed by atoms with Crippen LogP contribution >= 0.6 is 0 Å². The number of nitro groups is 1. The van der Waals surface area contributed by atoms with Gasteiger partial charge in [0.1, 0.15) is 5.70 Å². The Morgan fingerprint density at radius 3 is 2.23 bits per heavy atom. The summed E-state index contributed by atoms with van der Waals surface area (Å²) in [4.78, 5) is 36.3. The van der Waals surface area contributed by atoms with E-state index in [-0.39, 0.29) is 11.4 Å². The number of allylic oxidation sites excluding steroid dienone is 2. The summed E-state index contributed by atoms with van der Waals surface area (Å²) in [6, 6.07) is 27.8. The van der Waals surface area contributed by atoms with Crippen molar-refractivity contribution in [2.24, 2.45) is 5.10 Å². The predicted molar refractivity (Wildman–Crippen MR) is 150 cm³/mol. The lowest BCUT2D eigenvalue weighted by Crippen LogP contribution is -2.33. The van der Waals surface area contributed by atoms with Gasteiger partial charge in [0.25, 0.3) is 17.5 Å². The van der Waals surface area contributed by atoms with E-state index in [0.29, 0.717) is 16.9 Å². The first-order chi connectivity index (χ1) is 18.9. The zero-order valence-corrected chi connectivity index (χ0v) is 21.0. The first kappa shape index (κ1) is 26.5. The molecule has 0 spiro atoms. The highest BCUT2D eigenvalue weighted by Gasteiger charge is 2.14. The van der Waals surface area contributed by atoms with Gasteiger partial charge in [-0.2, -0.15) is 5.10 Å². The number of carbonyl (C=O) groups is 2. The van der Waals surface area contributed by atoms with Gasteiger partial charge in [-0.25, -0.2) is 5.43 Å². The third-order valence-corrected chi connectivity index (χ3v) is 5.58. The molecule has 0 aliphatic rings.